The average molecular weight is 359 g/mol. The van der Waals surface area contributed by atoms with Gasteiger partial charge in [0.25, 0.3) is 0 Å². The van der Waals surface area contributed by atoms with E-state index in [1.807, 2.05) is 20.8 Å². The van der Waals surface area contributed by atoms with Gasteiger partial charge in [-0.25, -0.2) is 0 Å². The zero-order valence-electron chi connectivity index (χ0n) is 13.2. The van der Waals surface area contributed by atoms with E-state index in [0.29, 0.717) is 39.6 Å². The molecule has 0 aromatic rings. The largest absolute Gasteiger partial charge is 0.396 e. The molecule has 0 heterocycles. The summed E-state index contributed by atoms with van der Waals surface area (Å²) in [5, 5.41) is 10.2. The van der Waals surface area contributed by atoms with Crippen molar-refractivity contribution in [1.82, 2.24) is 0 Å². The van der Waals surface area contributed by atoms with E-state index in [2.05, 4.69) is 37.9 Å². The molecule has 0 aliphatic carbocycles. The molecule has 0 aliphatic rings. The van der Waals surface area contributed by atoms with Crippen molar-refractivity contribution in [1.29, 1.82) is 0 Å². The minimum atomic E-state index is -0.562. The van der Waals surface area contributed by atoms with Crippen molar-refractivity contribution < 1.29 is 19.3 Å². The van der Waals surface area contributed by atoms with Crippen LogP contribution in [0.25, 0.3) is 0 Å². The van der Waals surface area contributed by atoms with Crippen LogP contribution in [0.3, 0.4) is 0 Å². The number of aliphatic hydroxyl groups excluding tert-OH is 1. The molecule has 0 amide bonds. The Balaban J connectivity index is 4.43. The maximum Gasteiger partial charge on any atom is 0.0635 e. The van der Waals surface area contributed by atoms with Gasteiger partial charge in [-0.05, 0) is 0 Å². The highest BCUT2D eigenvalue weighted by atomic mass is 32.1. The molecule has 7 heteroatoms. The number of hydrogen-bond acceptors (Lipinski definition) is 7. The summed E-state index contributed by atoms with van der Waals surface area (Å²) in [6, 6.07) is 0. The number of aliphatic hydroxyl groups is 1. The third-order valence-electron chi connectivity index (χ3n) is 2.64. The fraction of sp³-hybridized carbons (Fsp3) is 1.00. The highest BCUT2D eigenvalue weighted by Gasteiger charge is 2.31. The Morgan fingerprint density at radius 2 is 1.05 bits per heavy atom. The van der Waals surface area contributed by atoms with Gasteiger partial charge in [0, 0.05) is 15.7 Å². The van der Waals surface area contributed by atoms with E-state index >= 15 is 0 Å². The van der Waals surface area contributed by atoms with Crippen molar-refractivity contribution in [3.05, 3.63) is 0 Å². The van der Waals surface area contributed by atoms with Gasteiger partial charge in [0.2, 0.25) is 0 Å². The van der Waals surface area contributed by atoms with Crippen molar-refractivity contribution in [2.75, 3.05) is 46.2 Å². The molecule has 3 unspecified atom stereocenters. The van der Waals surface area contributed by atoms with Crippen LogP contribution in [0, 0.1) is 5.41 Å². The lowest BCUT2D eigenvalue weighted by Crippen LogP contribution is -2.42. The minimum absolute atomic E-state index is 0.0597. The third-order valence-corrected chi connectivity index (χ3v) is 3.08. The van der Waals surface area contributed by atoms with Gasteiger partial charge < -0.3 is 19.3 Å². The van der Waals surface area contributed by atoms with Gasteiger partial charge in [0.15, 0.2) is 0 Å². The Morgan fingerprint density at radius 1 is 0.762 bits per heavy atom. The standard InChI is InChI=1S/C14H30O4S3/c1-11(19)4-16-8-14(7-15,9-17-5-12(2)20)10-18-6-13(3)21/h11-13,15,19-21H,4-10H2,1-3H3. The van der Waals surface area contributed by atoms with Gasteiger partial charge in [-0.3, -0.25) is 0 Å². The third kappa shape index (κ3) is 12.0. The zero-order chi connectivity index (χ0) is 16.3. The SMILES string of the molecule is CC(S)COCC(CO)(COCC(C)S)COCC(C)S. The summed E-state index contributed by atoms with van der Waals surface area (Å²) in [5.74, 6) is 0. The Hall–Kier alpha value is 0.890. The molecule has 0 spiro atoms. The molecule has 21 heavy (non-hydrogen) atoms. The molecular weight excluding hydrogens is 328 g/mol. The molecule has 0 bridgehead atoms. The second-order valence-electron chi connectivity index (χ2n) is 5.75. The highest BCUT2D eigenvalue weighted by molar-refractivity contribution is 7.81. The lowest BCUT2D eigenvalue weighted by molar-refractivity contribution is -0.0912. The Labute approximate surface area is 145 Å². The first kappa shape index (κ1) is 21.9. The van der Waals surface area contributed by atoms with Crippen molar-refractivity contribution in [3.63, 3.8) is 0 Å². The van der Waals surface area contributed by atoms with Crippen LogP contribution < -0.4 is 0 Å². The number of hydrogen-bond donors (Lipinski definition) is 4. The maximum absolute atomic E-state index is 9.77. The number of thiol groups is 3. The van der Waals surface area contributed by atoms with E-state index in [-0.39, 0.29) is 22.4 Å². The second kappa shape index (κ2) is 12.3. The summed E-state index contributed by atoms with van der Waals surface area (Å²) in [6.45, 7) is 8.51. The lowest BCUT2D eigenvalue weighted by Gasteiger charge is -2.32. The monoisotopic (exact) mass is 358 g/mol. The normalized spacial score (nSPS) is 19.0. The van der Waals surface area contributed by atoms with E-state index in [4.69, 9.17) is 14.2 Å². The summed E-state index contributed by atoms with van der Waals surface area (Å²) in [7, 11) is 0. The Bertz CT molecular complexity index is 214. The topological polar surface area (TPSA) is 47.9 Å². The van der Waals surface area contributed by atoms with E-state index in [0.717, 1.165) is 0 Å². The van der Waals surface area contributed by atoms with Crippen LogP contribution in [-0.2, 0) is 14.2 Å². The van der Waals surface area contributed by atoms with Gasteiger partial charge >= 0.3 is 0 Å². The van der Waals surface area contributed by atoms with Crippen LogP contribution in [-0.4, -0.2) is 67.1 Å². The van der Waals surface area contributed by atoms with E-state index < -0.39 is 5.41 Å². The van der Waals surface area contributed by atoms with Gasteiger partial charge in [-0.2, -0.15) is 37.9 Å². The summed E-state index contributed by atoms with van der Waals surface area (Å²) in [4.78, 5) is 0. The van der Waals surface area contributed by atoms with Crippen LogP contribution in [0.2, 0.25) is 0 Å². The molecule has 0 aliphatic heterocycles. The van der Waals surface area contributed by atoms with Gasteiger partial charge in [-0.15, -0.1) is 0 Å². The van der Waals surface area contributed by atoms with Crippen molar-refractivity contribution >= 4 is 37.9 Å². The summed E-state index contributed by atoms with van der Waals surface area (Å²) < 4.78 is 16.9. The lowest BCUT2D eigenvalue weighted by atomic mass is 9.92. The Morgan fingerprint density at radius 3 is 1.24 bits per heavy atom. The minimum Gasteiger partial charge on any atom is -0.396 e. The summed E-state index contributed by atoms with van der Waals surface area (Å²) >= 11 is 12.8. The molecule has 4 nitrogen and oxygen atoms in total. The first-order chi connectivity index (χ1) is 9.81. The molecule has 0 aromatic carbocycles. The van der Waals surface area contributed by atoms with Crippen LogP contribution >= 0.6 is 37.9 Å². The molecule has 0 fully saturated rings. The Kier molecular flexibility index (Phi) is 12.9. The molecular formula is C14H30O4S3. The van der Waals surface area contributed by atoms with E-state index in [1.165, 1.54) is 0 Å². The van der Waals surface area contributed by atoms with E-state index in [9.17, 15) is 5.11 Å². The fourth-order valence-corrected chi connectivity index (χ4v) is 1.92. The quantitative estimate of drug-likeness (QED) is 0.380. The predicted molar refractivity (Wildman–Crippen MR) is 97.3 cm³/mol. The smallest absolute Gasteiger partial charge is 0.0635 e. The molecule has 0 rings (SSSR count). The van der Waals surface area contributed by atoms with Crippen LogP contribution in [0.15, 0.2) is 0 Å². The highest BCUT2D eigenvalue weighted by Crippen LogP contribution is 2.20. The van der Waals surface area contributed by atoms with Gasteiger partial charge in [0.05, 0.1) is 51.7 Å². The van der Waals surface area contributed by atoms with Crippen LogP contribution in [0.1, 0.15) is 20.8 Å². The average Bonchev–Trinajstić information content (AvgIpc) is 2.36. The van der Waals surface area contributed by atoms with Crippen LogP contribution in [0.5, 0.6) is 0 Å². The summed E-state index contributed by atoms with van der Waals surface area (Å²) in [6.07, 6.45) is 0. The van der Waals surface area contributed by atoms with Crippen molar-refractivity contribution in [2.45, 2.75) is 36.5 Å². The maximum atomic E-state index is 9.77. The molecule has 3 atom stereocenters. The first-order valence-electron chi connectivity index (χ1n) is 7.19. The molecule has 0 radical (unpaired) electrons. The van der Waals surface area contributed by atoms with E-state index in [1.54, 1.807) is 0 Å². The molecule has 128 valence electrons. The second-order valence-corrected chi connectivity index (χ2v) is 8.40. The van der Waals surface area contributed by atoms with Gasteiger partial charge in [0.1, 0.15) is 0 Å². The molecule has 0 saturated carbocycles. The molecule has 0 saturated heterocycles. The molecule has 1 N–H and O–H groups in total. The molecule has 0 aromatic heterocycles. The number of rotatable bonds is 13. The van der Waals surface area contributed by atoms with Crippen molar-refractivity contribution in [3.8, 4) is 0 Å². The predicted octanol–water partition coefficient (Wildman–Crippen LogP) is 1.97. The van der Waals surface area contributed by atoms with Crippen LogP contribution in [0.4, 0.5) is 0 Å². The fourth-order valence-electron chi connectivity index (χ4n) is 1.60. The first-order valence-corrected chi connectivity index (χ1v) is 8.74. The summed E-state index contributed by atoms with van der Waals surface area (Å²) in [5.41, 5.74) is -0.562. The van der Waals surface area contributed by atoms with Crippen molar-refractivity contribution in [2.24, 2.45) is 5.41 Å². The zero-order valence-corrected chi connectivity index (χ0v) is 15.9. The van der Waals surface area contributed by atoms with Gasteiger partial charge in [-0.1, -0.05) is 20.8 Å². The number of ether oxygens (including phenoxy) is 3.